The molecule has 3 aromatic carbocycles. The van der Waals surface area contributed by atoms with Crippen LogP contribution < -0.4 is 11.1 Å². The molecule has 33 heavy (non-hydrogen) atoms. The first kappa shape index (κ1) is 22.2. The molecule has 0 radical (unpaired) electrons. The van der Waals surface area contributed by atoms with Crippen molar-refractivity contribution in [3.8, 4) is 0 Å². The number of carbonyl (C=O) groups excluding carboxylic acids is 2. The molecule has 7 nitrogen and oxygen atoms in total. The lowest BCUT2D eigenvalue weighted by atomic mass is 10.2. The number of anilines is 1. The summed E-state index contributed by atoms with van der Waals surface area (Å²) < 4.78 is 41.3. The minimum atomic E-state index is -3.81. The first-order valence-corrected chi connectivity index (χ1v) is 11.6. The quantitative estimate of drug-likeness (QED) is 0.435. The Morgan fingerprint density at radius 1 is 0.970 bits per heavy atom. The van der Waals surface area contributed by atoms with Gasteiger partial charge in [0.25, 0.3) is 0 Å². The minimum absolute atomic E-state index is 0.0703. The fourth-order valence-corrected chi connectivity index (χ4v) is 5.16. The number of para-hydroxylation sites is 1. The van der Waals surface area contributed by atoms with Crippen LogP contribution in [0.15, 0.2) is 83.9 Å². The van der Waals surface area contributed by atoms with Gasteiger partial charge in [-0.25, -0.2) is 12.8 Å². The number of halogens is 1. The molecule has 9 heteroatoms. The predicted octanol–water partition coefficient (Wildman–Crippen LogP) is 3.49. The highest BCUT2D eigenvalue weighted by Crippen LogP contribution is 2.28. The Bertz CT molecular complexity index is 1460. The van der Waals surface area contributed by atoms with Gasteiger partial charge in [-0.05, 0) is 48.0 Å². The van der Waals surface area contributed by atoms with Gasteiger partial charge in [0, 0.05) is 28.4 Å². The van der Waals surface area contributed by atoms with Crippen LogP contribution in [0, 0.1) is 5.82 Å². The van der Waals surface area contributed by atoms with Crippen LogP contribution in [-0.4, -0.2) is 24.8 Å². The molecule has 3 N–H and O–H groups in total. The summed E-state index contributed by atoms with van der Waals surface area (Å²) in [6.45, 7) is -0.131. The summed E-state index contributed by atoms with van der Waals surface area (Å²) in [7, 11) is -3.81. The third kappa shape index (κ3) is 4.93. The smallest absolute Gasteiger partial charge is 0.248 e. The summed E-state index contributed by atoms with van der Waals surface area (Å²) in [5.41, 5.74) is 6.92. The van der Waals surface area contributed by atoms with Gasteiger partial charge in [0.2, 0.25) is 11.8 Å². The number of amides is 2. The predicted molar refractivity (Wildman–Crippen MR) is 123 cm³/mol. The van der Waals surface area contributed by atoms with Crippen molar-refractivity contribution in [1.82, 2.24) is 4.57 Å². The number of rotatable bonds is 7. The van der Waals surface area contributed by atoms with Gasteiger partial charge >= 0.3 is 0 Å². The molecular formula is C24H20FN3O4S. The normalized spacial score (nSPS) is 11.4. The van der Waals surface area contributed by atoms with Crippen molar-refractivity contribution in [2.24, 2.45) is 5.73 Å². The van der Waals surface area contributed by atoms with E-state index in [-0.39, 0.29) is 23.1 Å². The summed E-state index contributed by atoms with van der Waals surface area (Å²) in [5.74, 6) is -1.82. The topological polar surface area (TPSA) is 111 Å². The van der Waals surface area contributed by atoms with E-state index in [1.165, 1.54) is 36.5 Å². The lowest BCUT2D eigenvalue weighted by molar-refractivity contribution is -0.116. The van der Waals surface area contributed by atoms with E-state index in [2.05, 4.69) is 5.32 Å². The molecule has 2 amide bonds. The van der Waals surface area contributed by atoms with Crippen LogP contribution in [0.2, 0.25) is 0 Å². The van der Waals surface area contributed by atoms with Crippen LogP contribution in [0.1, 0.15) is 15.9 Å². The zero-order valence-corrected chi connectivity index (χ0v) is 18.2. The minimum Gasteiger partial charge on any atom is -0.366 e. The monoisotopic (exact) mass is 465 g/mol. The van der Waals surface area contributed by atoms with Crippen LogP contribution in [-0.2, 0) is 26.9 Å². The Kier molecular flexibility index (Phi) is 5.97. The Hall–Kier alpha value is -3.98. The number of hydrogen-bond acceptors (Lipinski definition) is 4. The third-order valence-corrected chi connectivity index (χ3v) is 6.81. The second kappa shape index (κ2) is 8.87. The van der Waals surface area contributed by atoms with Gasteiger partial charge in [0.1, 0.15) is 12.4 Å². The largest absolute Gasteiger partial charge is 0.366 e. The molecule has 1 aromatic heterocycles. The molecule has 0 fully saturated rings. The summed E-state index contributed by atoms with van der Waals surface area (Å²) >= 11 is 0. The molecule has 4 rings (SSSR count). The fraction of sp³-hybridized carbons (Fsp3) is 0.0833. The highest BCUT2D eigenvalue weighted by molar-refractivity contribution is 7.90. The van der Waals surface area contributed by atoms with Gasteiger partial charge in [-0.2, -0.15) is 0 Å². The number of benzene rings is 3. The molecule has 0 aliphatic rings. The van der Waals surface area contributed by atoms with Crippen LogP contribution in [0.4, 0.5) is 10.1 Å². The highest BCUT2D eigenvalue weighted by atomic mass is 32.2. The van der Waals surface area contributed by atoms with E-state index in [0.29, 0.717) is 27.7 Å². The Morgan fingerprint density at radius 3 is 2.39 bits per heavy atom. The maximum atomic E-state index is 13.5. The molecule has 4 aromatic rings. The standard InChI is InChI=1S/C24H20FN3O4S/c25-18-5-3-4-16(12-18)15-33(31,32)22-13-28(21-7-2-1-6-20(21)22)14-23(29)27-19-10-8-17(9-11-19)24(26)30/h1-13H,14-15H2,(H2,26,30)(H,27,29). The molecule has 0 saturated carbocycles. The summed E-state index contributed by atoms with van der Waals surface area (Å²) in [4.78, 5) is 23.9. The highest BCUT2D eigenvalue weighted by Gasteiger charge is 2.22. The summed E-state index contributed by atoms with van der Waals surface area (Å²) in [5, 5.41) is 3.19. The van der Waals surface area contributed by atoms with E-state index >= 15 is 0 Å². The second-order valence-corrected chi connectivity index (χ2v) is 9.48. The molecule has 0 atom stereocenters. The van der Waals surface area contributed by atoms with E-state index in [1.54, 1.807) is 47.0 Å². The number of fused-ring (bicyclic) bond motifs is 1. The molecule has 1 heterocycles. The Labute approximate surface area is 189 Å². The fourth-order valence-electron chi connectivity index (χ4n) is 3.59. The van der Waals surface area contributed by atoms with Crippen LogP contribution in [0.3, 0.4) is 0 Å². The maximum Gasteiger partial charge on any atom is 0.248 e. The maximum absolute atomic E-state index is 13.5. The number of primary amides is 1. The average molecular weight is 466 g/mol. The van der Waals surface area contributed by atoms with Crippen molar-refractivity contribution in [2.75, 3.05) is 5.32 Å². The second-order valence-electron chi connectivity index (χ2n) is 7.52. The van der Waals surface area contributed by atoms with Gasteiger partial charge in [-0.15, -0.1) is 0 Å². The van der Waals surface area contributed by atoms with Gasteiger partial charge in [-0.3, -0.25) is 9.59 Å². The molecule has 0 bridgehead atoms. The zero-order valence-electron chi connectivity index (χ0n) is 17.4. The number of hydrogen-bond donors (Lipinski definition) is 2. The number of nitrogens with zero attached hydrogens (tertiary/aromatic N) is 1. The number of sulfone groups is 1. The van der Waals surface area contributed by atoms with E-state index in [9.17, 15) is 22.4 Å². The van der Waals surface area contributed by atoms with Crippen molar-refractivity contribution in [2.45, 2.75) is 17.2 Å². The number of aromatic nitrogens is 1. The van der Waals surface area contributed by atoms with Gasteiger partial charge in [-0.1, -0.05) is 30.3 Å². The summed E-state index contributed by atoms with van der Waals surface area (Å²) in [6, 6.07) is 18.4. The first-order chi connectivity index (χ1) is 15.7. The van der Waals surface area contributed by atoms with E-state index in [1.807, 2.05) is 0 Å². The Balaban J connectivity index is 1.60. The molecule has 0 aliphatic carbocycles. The van der Waals surface area contributed by atoms with E-state index in [0.717, 1.165) is 0 Å². The number of carbonyl (C=O) groups is 2. The lowest BCUT2D eigenvalue weighted by Gasteiger charge is -2.08. The summed E-state index contributed by atoms with van der Waals surface area (Å²) in [6.07, 6.45) is 1.43. The SMILES string of the molecule is NC(=O)c1ccc(NC(=O)Cn2cc(S(=O)(=O)Cc3cccc(F)c3)c3ccccc32)cc1. The van der Waals surface area contributed by atoms with Gasteiger partial charge in [0.15, 0.2) is 9.84 Å². The van der Waals surface area contributed by atoms with Gasteiger partial charge < -0.3 is 15.6 Å². The molecular weight excluding hydrogens is 445 g/mol. The van der Waals surface area contributed by atoms with Crippen LogP contribution in [0.25, 0.3) is 10.9 Å². The molecule has 0 unspecified atom stereocenters. The Morgan fingerprint density at radius 2 is 1.70 bits per heavy atom. The van der Waals surface area contributed by atoms with Crippen molar-refractivity contribution in [3.63, 3.8) is 0 Å². The van der Waals surface area contributed by atoms with E-state index < -0.39 is 21.6 Å². The molecule has 0 saturated heterocycles. The number of nitrogens with one attached hydrogen (secondary N) is 1. The average Bonchev–Trinajstić information content (AvgIpc) is 3.13. The molecule has 168 valence electrons. The first-order valence-electron chi connectivity index (χ1n) is 9.98. The lowest BCUT2D eigenvalue weighted by Crippen LogP contribution is -2.18. The van der Waals surface area contributed by atoms with Crippen LogP contribution >= 0.6 is 0 Å². The third-order valence-electron chi connectivity index (χ3n) is 5.10. The van der Waals surface area contributed by atoms with Crippen molar-refractivity contribution in [3.05, 3.63) is 95.9 Å². The zero-order chi connectivity index (χ0) is 23.6. The molecule has 0 aliphatic heterocycles. The molecule has 0 spiro atoms. The van der Waals surface area contributed by atoms with Crippen molar-refractivity contribution >= 4 is 38.2 Å². The van der Waals surface area contributed by atoms with E-state index in [4.69, 9.17) is 5.73 Å². The van der Waals surface area contributed by atoms with Crippen LogP contribution in [0.5, 0.6) is 0 Å². The number of nitrogens with two attached hydrogens (primary N) is 1. The van der Waals surface area contributed by atoms with Crippen molar-refractivity contribution < 1.29 is 22.4 Å². The van der Waals surface area contributed by atoms with Crippen molar-refractivity contribution in [1.29, 1.82) is 0 Å². The van der Waals surface area contributed by atoms with Gasteiger partial charge in [0.05, 0.1) is 10.6 Å².